The summed E-state index contributed by atoms with van der Waals surface area (Å²) in [5.41, 5.74) is -1.43. The summed E-state index contributed by atoms with van der Waals surface area (Å²) < 4.78 is 45.0. The summed E-state index contributed by atoms with van der Waals surface area (Å²) >= 11 is 0. The van der Waals surface area contributed by atoms with Crippen molar-refractivity contribution in [1.29, 1.82) is 0 Å². The molecular formula is C35H42O22. The van der Waals surface area contributed by atoms with Gasteiger partial charge in [0, 0.05) is 24.6 Å². The van der Waals surface area contributed by atoms with Crippen LogP contribution in [0.1, 0.15) is 6.92 Å². The Morgan fingerprint density at radius 3 is 1.84 bits per heavy atom. The molecule has 0 aliphatic carbocycles. The zero-order chi connectivity index (χ0) is 41.5. The van der Waals surface area contributed by atoms with Crippen molar-refractivity contribution in [3.05, 3.63) is 46.6 Å². The number of aliphatic hydroxyl groups is 10. The highest BCUT2D eigenvalue weighted by molar-refractivity contribution is 5.88. The molecule has 3 aliphatic heterocycles. The average molecular weight is 815 g/mol. The van der Waals surface area contributed by atoms with Crippen LogP contribution in [-0.2, 0) is 28.5 Å². The molecule has 6 rings (SSSR count). The Bertz CT molecular complexity index is 1920. The van der Waals surface area contributed by atoms with Gasteiger partial charge < -0.3 is 98.9 Å². The van der Waals surface area contributed by atoms with E-state index >= 15 is 0 Å². The minimum atomic E-state index is -2.04. The van der Waals surface area contributed by atoms with E-state index in [2.05, 4.69) is 0 Å². The molecule has 6 unspecified atom stereocenters. The van der Waals surface area contributed by atoms with E-state index in [9.17, 15) is 70.9 Å². The molecule has 3 saturated heterocycles. The van der Waals surface area contributed by atoms with E-state index < -0.39 is 146 Å². The number of aliphatic hydroxyl groups excluding tert-OH is 10. The third kappa shape index (κ3) is 8.50. The van der Waals surface area contributed by atoms with Crippen LogP contribution in [0.4, 0.5) is 0 Å². The van der Waals surface area contributed by atoms with Gasteiger partial charge in [-0.2, -0.15) is 0 Å². The summed E-state index contributed by atoms with van der Waals surface area (Å²) in [5.74, 6) is -3.26. The number of benzene rings is 2. The molecule has 4 heterocycles. The molecule has 22 heteroatoms. The number of phenolic OH excluding ortho intramolecular Hbond substituents is 2. The maximum absolute atomic E-state index is 14.3. The molecule has 2 aromatic carbocycles. The Hall–Kier alpha value is -4.24. The molecule has 3 aromatic rings. The quantitative estimate of drug-likeness (QED) is 0.0813. The van der Waals surface area contributed by atoms with Gasteiger partial charge in [-0.05, 0) is 24.3 Å². The van der Waals surface area contributed by atoms with Crippen molar-refractivity contribution in [2.45, 2.75) is 99.0 Å². The van der Waals surface area contributed by atoms with Crippen LogP contribution in [0, 0.1) is 0 Å². The third-order valence-electron chi connectivity index (χ3n) is 9.61. The predicted molar refractivity (Wildman–Crippen MR) is 182 cm³/mol. The molecule has 314 valence electrons. The first-order valence-corrected chi connectivity index (χ1v) is 17.4. The van der Waals surface area contributed by atoms with Gasteiger partial charge in [0.05, 0.1) is 13.2 Å². The molecule has 15 atom stereocenters. The molecule has 3 aliphatic rings. The van der Waals surface area contributed by atoms with Gasteiger partial charge in [-0.3, -0.25) is 9.59 Å². The molecule has 0 amide bonds. The third-order valence-corrected chi connectivity index (χ3v) is 9.61. The van der Waals surface area contributed by atoms with Crippen LogP contribution in [0.2, 0.25) is 0 Å². The van der Waals surface area contributed by atoms with E-state index in [0.29, 0.717) is 0 Å². The second-order valence-corrected chi connectivity index (χ2v) is 13.5. The highest BCUT2D eigenvalue weighted by atomic mass is 16.8. The van der Waals surface area contributed by atoms with E-state index in [1.807, 2.05) is 0 Å². The molecular weight excluding hydrogens is 772 g/mol. The molecule has 12 N–H and O–H groups in total. The number of hydrogen-bond acceptors (Lipinski definition) is 22. The summed E-state index contributed by atoms with van der Waals surface area (Å²) in [6, 6.07) is 7.02. The zero-order valence-electron chi connectivity index (χ0n) is 29.7. The standard InChI is InChI=1S/C35H42O22/c1-11(38)50-10-19-23(43)27(47)32(57-34-29(49)26(46)22(42)18(9-37)54-34)35(55-19)56-31-24(44)20-15(40)6-14(51-33-28(48)25(45)21(41)17(8-36)53-33)7-16(20)52-30(31)12-2-4-13(39)5-3-12/h2-7,17-19,21-23,25-29,32-37,39-43,45-49H,8-10H2,1H3/t17?,18?,19?,21-,22-,23+,25+,26+,27+,28?,29?,32?,33-,34+,35+/m1/s1. The molecule has 0 saturated carbocycles. The number of hydrogen-bond donors (Lipinski definition) is 12. The van der Waals surface area contributed by atoms with Crippen molar-refractivity contribution in [2.24, 2.45) is 0 Å². The van der Waals surface area contributed by atoms with Gasteiger partial charge in [0.1, 0.15) is 102 Å². The van der Waals surface area contributed by atoms with Crippen molar-refractivity contribution in [2.75, 3.05) is 19.8 Å². The highest BCUT2D eigenvalue weighted by Crippen LogP contribution is 2.39. The fourth-order valence-electron chi connectivity index (χ4n) is 6.47. The van der Waals surface area contributed by atoms with Crippen molar-refractivity contribution in [1.82, 2.24) is 0 Å². The van der Waals surface area contributed by atoms with Crippen molar-refractivity contribution >= 4 is 16.9 Å². The smallest absolute Gasteiger partial charge is 0.302 e. The largest absolute Gasteiger partial charge is 0.508 e. The van der Waals surface area contributed by atoms with E-state index in [1.165, 1.54) is 24.3 Å². The first kappa shape index (κ1) is 42.4. The van der Waals surface area contributed by atoms with Crippen molar-refractivity contribution < 1.29 is 104 Å². The number of carbonyl (C=O) groups is 1. The van der Waals surface area contributed by atoms with Crippen LogP contribution in [0.5, 0.6) is 23.0 Å². The Kier molecular flexibility index (Phi) is 12.9. The molecule has 0 radical (unpaired) electrons. The summed E-state index contributed by atoms with van der Waals surface area (Å²) in [6.07, 6.45) is -27.0. The van der Waals surface area contributed by atoms with Gasteiger partial charge in [0.15, 0.2) is 18.2 Å². The SMILES string of the molecule is CC(=O)OCC1O[C@@H](Oc2c(-c3ccc(O)cc3)oc3cc(O[C@@H]4OC(CO)[C@@H](O)[C@H](O)C4O)cc(O)c3c2=O)C(O[C@@H]2OC(CO)[C@@H](O)[C@H](O)C2O)[C@@H](O)[C@H]1O. The van der Waals surface area contributed by atoms with Crippen LogP contribution in [0.15, 0.2) is 45.6 Å². The monoisotopic (exact) mass is 814 g/mol. The van der Waals surface area contributed by atoms with Crippen LogP contribution >= 0.6 is 0 Å². The Morgan fingerprint density at radius 2 is 1.25 bits per heavy atom. The maximum atomic E-state index is 14.3. The number of carbonyl (C=O) groups excluding carboxylic acids is 1. The van der Waals surface area contributed by atoms with Gasteiger partial charge >= 0.3 is 5.97 Å². The number of rotatable bonds is 11. The number of phenols is 2. The fourth-order valence-corrected chi connectivity index (χ4v) is 6.47. The zero-order valence-corrected chi connectivity index (χ0v) is 29.7. The molecule has 3 fully saturated rings. The van der Waals surface area contributed by atoms with Gasteiger partial charge in [0.2, 0.25) is 23.8 Å². The van der Waals surface area contributed by atoms with Crippen molar-refractivity contribution in [3.8, 4) is 34.3 Å². The number of esters is 1. The van der Waals surface area contributed by atoms with E-state index in [4.69, 9.17) is 37.6 Å². The summed E-state index contributed by atoms with van der Waals surface area (Å²) in [4.78, 5) is 26.0. The number of ether oxygens (including phenoxy) is 7. The normalized spacial score (nSPS) is 35.8. The first-order chi connectivity index (χ1) is 27.0. The lowest BCUT2D eigenvalue weighted by Crippen LogP contribution is -2.65. The first-order valence-electron chi connectivity index (χ1n) is 17.4. The second kappa shape index (κ2) is 17.3. The minimum absolute atomic E-state index is 0.0563. The average Bonchev–Trinajstić information content (AvgIpc) is 3.18. The summed E-state index contributed by atoms with van der Waals surface area (Å²) in [6.45, 7) is -1.22. The lowest BCUT2D eigenvalue weighted by molar-refractivity contribution is -0.358. The lowest BCUT2D eigenvalue weighted by atomic mass is 9.97. The van der Waals surface area contributed by atoms with Gasteiger partial charge in [0.25, 0.3) is 0 Å². The molecule has 22 nitrogen and oxygen atoms in total. The second-order valence-electron chi connectivity index (χ2n) is 13.5. The lowest BCUT2D eigenvalue weighted by Gasteiger charge is -2.45. The van der Waals surface area contributed by atoms with Crippen molar-refractivity contribution in [3.63, 3.8) is 0 Å². The van der Waals surface area contributed by atoms with E-state index in [1.54, 1.807) is 0 Å². The van der Waals surface area contributed by atoms with Crippen LogP contribution < -0.4 is 14.9 Å². The molecule has 57 heavy (non-hydrogen) atoms. The number of aromatic hydroxyl groups is 2. The van der Waals surface area contributed by atoms with Gasteiger partial charge in [-0.25, -0.2) is 0 Å². The van der Waals surface area contributed by atoms with E-state index in [-0.39, 0.29) is 22.6 Å². The highest BCUT2D eigenvalue weighted by Gasteiger charge is 2.52. The van der Waals surface area contributed by atoms with Crippen LogP contribution in [-0.4, -0.2) is 179 Å². The van der Waals surface area contributed by atoms with Crippen LogP contribution in [0.25, 0.3) is 22.3 Å². The topological polar surface area (TPSA) is 355 Å². The van der Waals surface area contributed by atoms with Crippen LogP contribution in [0.3, 0.4) is 0 Å². The Balaban J connectivity index is 1.42. The maximum Gasteiger partial charge on any atom is 0.302 e. The van der Waals surface area contributed by atoms with Gasteiger partial charge in [-0.1, -0.05) is 0 Å². The summed E-state index contributed by atoms with van der Waals surface area (Å²) in [7, 11) is 0. The van der Waals surface area contributed by atoms with Gasteiger partial charge in [-0.15, -0.1) is 0 Å². The minimum Gasteiger partial charge on any atom is -0.508 e. The fraction of sp³-hybridized carbons (Fsp3) is 0.543. The Labute approximate surface area is 320 Å². The molecule has 1 aromatic heterocycles. The summed E-state index contributed by atoms with van der Waals surface area (Å²) in [5, 5.41) is 124. The number of fused-ring (bicyclic) bond motifs is 1. The Morgan fingerprint density at radius 1 is 0.684 bits per heavy atom. The molecule has 0 bridgehead atoms. The van der Waals surface area contributed by atoms with E-state index in [0.717, 1.165) is 19.1 Å². The predicted octanol–water partition coefficient (Wildman–Crippen LogP) is -4.38. The molecule has 0 spiro atoms.